The second kappa shape index (κ2) is 10.8. The van der Waals surface area contributed by atoms with Gasteiger partial charge in [0.2, 0.25) is 11.0 Å². The second-order valence-corrected chi connectivity index (χ2v) is 11.9. The van der Waals surface area contributed by atoms with Gasteiger partial charge in [-0.2, -0.15) is 17.5 Å². The number of halogens is 3. The molecule has 0 unspecified atom stereocenters. The first-order valence-electron chi connectivity index (χ1n) is 12.9. The fourth-order valence-corrected chi connectivity index (χ4v) is 6.47. The number of rotatable bonds is 7. The van der Waals surface area contributed by atoms with Gasteiger partial charge in [-0.25, -0.2) is 8.42 Å². The van der Waals surface area contributed by atoms with Crippen LogP contribution >= 0.6 is 0 Å². The van der Waals surface area contributed by atoms with Gasteiger partial charge in [0.1, 0.15) is 17.3 Å². The molecule has 1 atom stereocenters. The lowest BCUT2D eigenvalue weighted by Crippen LogP contribution is -2.45. The summed E-state index contributed by atoms with van der Waals surface area (Å²) in [7, 11) is -4.08. The van der Waals surface area contributed by atoms with E-state index in [1.807, 2.05) is 0 Å². The molecule has 0 radical (unpaired) electrons. The molecule has 4 aromatic rings. The summed E-state index contributed by atoms with van der Waals surface area (Å²) in [6.07, 6.45) is -1.26. The van der Waals surface area contributed by atoms with E-state index in [0.29, 0.717) is 29.4 Å². The van der Waals surface area contributed by atoms with E-state index in [-0.39, 0.29) is 35.4 Å². The zero-order chi connectivity index (χ0) is 29.5. The number of pyridine rings is 2. The maximum absolute atomic E-state index is 13.4. The van der Waals surface area contributed by atoms with Gasteiger partial charge in [-0.3, -0.25) is 14.6 Å². The Bertz CT molecular complexity index is 1730. The Hall–Kier alpha value is -3.97. The van der Waals surface area contributed by atoms with E-state index in [4.69, 9.17) is 4.42 Å². The van der Waals surface area contributed by atoms with Crippen molar-refractivity contribution in [3.63, 3.8) is 0 Å². The Morgan fingerprint density at radius 1 is 1.17 bits per heavy atom. The first-order valence-corrected chi connectivity index (χ1v) is 14.4. The number of fused-ring (bicyclic) bond motifs is 1. The number of carbonyl (C=O) groups excluding carboxylic acids is 1. The average molecular weight is 589 g/mol. The number of benzene rings is 1. The summed E-state index contributed by atoms with van der Waals surface area (Å²) in [5.41, 5.74) is -0.244. The van der Waals surface area contributed by atoms with Crippen LogP contribution in [0.25, 0.3) is 22.1 Å². The number of nitrogens with zero attached hydrogens (tertiary/aromatic N) is 3. The second-order valence-electron chi connectivity index (χ2n) is 10.1. The van der Waals surface area contributed by atoms with E-state index in [1.54, 1.807) is 44.3 Å². The van der Waals surface area contributed by atoms with Crippen LogP contribution < -0.4 is 10.9 Å². The van der Waals surface area contributed by atoms with Crippen molar-refractivity contribution in [2.24, 2.45) is 0 Å². The Labute approximate surface area is 233 Å². The molecule has 41 heavy (non-hydrogen) atoms. The lowest BCUT2D eigenvalue weighted by atomic mass is 10.1. The van der Waals surface area contributed by atoms with Gasteiger partial charge in [-0.1, -0.05) is 24.3 Å². The summed E-state index contributed by atoms with van der Waals surface area (Å²) in [5.74, 6) is -0.512. The molecule has 0 spiro atoms. The molecule has 3 aromatic heterocycles. The third kappa shape index (κ3) is 5.64. The molecule has 1 saturated heterocycles. The molecular formula is C28H27F3N4O5S. The molecule has 216 valence electrons. The number of carbonyl (C=O) groups is 1. The molecule has 1 aromatic carbocycles. The Morgan fingerprint density at radius 3 is 2.59 bits per heavy atom. The minimum atomic E-state index is -4.62. The number of alkyl halides is 3. The number of sulfonamides is 1. The van der Waals surface area contributed by atoms with Crippen LogP contribution in [0, 0.1) is 0 Å². The SMILES string of the molecule is CC(C)n1cc(CNC(=O)[C@@H]2CCCN2S(=O)(=O)c2cc3ccccc3o2)cc(-c2ccc(C(F)(F)F)nc2)c1=O. The van der Waals surface area contributed by atoms with Crippen LogP contribution in [-0.2, 0) is 27.5 Å². The van der Waals surface area contributed by atoms with Crippen molar-refractivity contribution >= 4 is 26.9 Å². The molecule has 1 aliphatic heterocycles. The zero-order valence-electron chi connectivity index (χ0n) is 22.2. The number of hydrogen-bond acceptors (Lipinski definition) is 6. The van der Waals surface area contributed by atoms with E-state index in [9.17, 15) is 31.2 Å². The molecule has 0 saturated carbocycles. The molecule has 1 fully saturated rings. The minimum Gasteiger partial charge on any atom is -0.443 e. The zero-order valence-corrected chi connectivity index (χ0v) is 23.0. The normalized spacial score (nSPS) is 16.5. The van der Waals surface area contributed by atoms with Crippen molar-refractivity contribution in [2.45, 2.75) is 56.6 Å². The smallest absolute Gasteiger partial charge is 0.433 e. The van der Waals surface area contributed by atoms with Crippen molar-refractivity contribution in [2.75, 3.05) is 6.54 Å². The van der Waals surface area contributed by atoms with Crippen molar-refractivity contribution in [3.05, 3.63) is 82.5 Å². The van der Waals surface area contributed by atoms with Gasteiger partial charge in [0.15, 0.2) is 0 Å². The van der Waals surface area contributed by atoms with Gasteiger partial charge in [-0.05, 0) is 50.5 Å². The fourth-order valence-electron chi connectivity index (χ4n) is 4.87. The average Bonchev–Trinajstić information content (AvgIpc) is 3.60. The van der Waals surface area contributed by atoms with Crippen molar-refractivity contribution in [3.8, 4) is 11.1 Å². The highest BCUT2D eigenvalue weighted by Gasteiger charge is 2.41. The summed E-state index contributed by atoms with van der Waals surface area (Å²) >= 11 is 0. The van der Waals surface area contributed by atoms with Crippen LogP contribution in [-0.4, -0.2) is 40.8 Å². The van der Waals surface area contributed by atoms with Crippen molar-refractivity contribution < 1.29 is 30.8 Å². The van der Waals surface area contributed by atoms with Crippen LogP contribution in [0.1, 0.15) is 44.0 Å². The highest BCUT2D eigenvalue weighted by atomic mass is 32.2. The van der Waals surface area contributed by atoms with Gasteiger partial charge in [0.05, 0.1) is 0 Å². The molecule has 9 nitrogen and oxygen atoms in total. The van der Waals surface area contributed by atoms with Crippen molar-refractivity contribution in [1.29, 1.82) is 0 Å². The molecule has 13 heteroatoms. The Kier molecular flexibility index (Phi) is 7.51. The van der Waals surface area contributed by atoms with E-state index in [2.05, 4.69) is 10.3 Å². The topological polar surface area (TPSA) is 115 Å². The summed E-state index contributed by atoms with van der Waals surface area (Å²) in [6, 6.07) is 10.6. The number of amides is 1. The van der Waals surface area contributed by atoms with E-state index < -0.39 is 39.4 Å². The lowest BCUT2D eigenvalue weighted by Gasteiger charge is -2.22. The molecular weight excluding hydrogens is 561 g/mol. The fraction of sp³-hybridized carbons (Fsp3) is 0.321. The number of para-hydroxylation sites is 1. The van der Waals surface area contributed by atoms with E-state index in [1.165, 1.54) is 22.8 Å². The molecule has 1 aliphatic rings. The number of aromatic nitrogens is 2. The standard InChI is InChI=1S/C28H27F3N4O5S/c1-17(2)34-16-18(12-21(27(34)37)20-9-10-24(32-15-20)28(29,30)31)14-33-26(36)22-7-5-11-35(22)41(38,39)25-13-19-6-3-4-8-23(19)40-25/h3-4,6,8-10,12-13,15-17,22H,5,7,11,14H2,1-2H3,(H,33,36)/t22-/m0/s1. The third-order valence-corrected chi connectivity index (χ3v) is 8.72. The summed E-state index contributed by atoms with van der Waals surface area (Å²) < 4.78 is 73.8. The molecule has 4 heterocycles. The molecule has 0 aliphatic carbocycles. The summed E-state index contributed by atoms with van der Waals surface area (Å²) in [6.45, 7) is 3.67. The van der Waals surface area contributed by atoms with E-state index >= 15 is 0 Å². The third-order valence-electron chi connectivity index (χ3n) is 6.96. The quantitative estimate of drug-likeness (QED) is 0.334. The Morgan fingerprint density at radius 2 is 1.93 bits per heavy atom. The van der Waals surface area contributed by atoms with Gasteiger partial charge in [-0.15, -0.1) is 0 Å². The van der Waals surface area contributed by atoms with Crippen LogP contribution in [0.4, 0.5) is 13.2 Å². The summed E-state index contributed by atoms with van der Waals surface area (Å²) in [4.78, 5) is 29.8. The number of furan rings is 1. The molecule has 1 N–H and O–H groups in total. The van der Waals surface area contributed by atoms with Gasteiger partial charge in [0, 0.05) is 54.1 Å². The van der Waals surface area contributed by atoms with Crippen LogP contribution in [0.5, 0.6) is 0 Å². The largest absolute Gasteiger partial charge is 0.443 e. The van der Waals surface area contributed by atoms with Crippen LogP contribution in [0.15, 0.2) is 75.2 Å². The number of hydrogen-bond donors (Lipinski definition) is 1. The molecule has 1 amide bonds. The van der Waals surface area contributed by atoms with Crippen molar-refractivity contribution in [1.82, 2.24) is 19.2 Å². The predicted octanol–water partition coefficient (Wildman–Crippen LogP) is 4.73. The number of nitrogens with one attached hydrogen (secondary N) is 1. The van der Waals surface area contributed by atoms with E-state index in [0.717, 1.165) is 16.6 Å². The van der Waals surface area contributed by atoms with Crippen LogP contribution in [0.3, 0.4) is 0 Å². The highest BCUT2D eigenvalue weighted by Crippen LogP contribution is 2.31. The monoisotopic (exact) mass is 588 g/mol. The lowest BCUT2D eigenvalue weighted by molar-refractivity contribution is -0.141. The van der Waals surface area contributed by atoms with Gasteiger partial charge in [0.25, 0.3) is 15.6 Å². The highest BCUT2D eigenvalue weighted by molar-refractivity contribution is 7.89. The van der Waals surface area contributed by atoms with Crippen LogP contribution in [0.2, 0.25) is 0 Å². The predicted molar refractivity (Wildman–Crippen MR) is 144 cm³/mol. The Balaban J connectivity index is 1.37. The summed E-state index contributed by atoms with van der Waals surface area (Å²) in [5, 5.41) is 3.15. The first-order chi connectivity index (χ1) is 19.4. The molecule has 5 rings (SSSR count). The van der Waals surface area contributed by atoms with Gasteiger partial charge >= 0.3 is 6.18 Å². The van der Waals surface area contributed by atoms with Gasteiger partial charge < -0.3 is 14.3 Å². The molecule has 0 bridgehead atoms. The maximum Gasteiger partial charge on any atom is 0.433 e. The minimum absolute atomic E-state index is 0.0398. The first kappa shape index (κ1) is 28.6. The maximum atomic E-state index is 13.4.